The Morgan fingerprint density at radius 3 is 2.18 bits per heavy atom. The van der Waals surface area contributed by atoms with E-state index in [1.54, 1.807) is 13.8 Å². The number of nitrogens with zero attached hydrogens (tertiary/aromatic N) is 1. The Morgan fingerprint density at radius 2 is 1.77 bits per heavy atom. The number of sulfonamides is 1. The van der Waals surface area contributed by atoms with Crippen LogP contribution in [-0.2, 0) is 30.9 Å². The molecule has 0 aromatic heterocycles. The van der Waals surface area contributed by atoms with E-state index in [9.17, 15) is 8.42 Å². The van der Waals surface area contributed by atoms with Gasteiger partial charge in [-0.2, -0.15) is 0 Å². The third-order valence-corrected chi connectivity index (χ3v) is 7.00. The van der Waals surface area contributed by atoms with Crippen molar-refractivity contribution >= 4 is 40.1 Å². The van der Waals surface area contributed by atoms with Crippen molar-refractivity contribution in [1.82, 2.24) is 4.31 Å². The van der Waals surface area contributed by atoms with Crippen molar-refractivity contribution in [3.63, 3.8) is 0 Å². The highest BCUT2D eigenvalue weighted by atomic mass is 35.5. The third-order valence-electron chi connectivity index (χ3n) is 2.47. The summed E-state index contributed by atoms with van der Waals surface area (Å²) in [6.45, 7) is 1.27. The van der Waals surface area contributed by atoms with Crippen LogP contribution in [0, 0.1) is 0 Å². The molecule has 0 aliphatic rings. The van der Waals surface area contributed by atoms with E-state index in [4.69, 9.17) is 37.0 Å². The van der Waals surface area contributed by atoms with Crippen LogP contribution in [0.3, 0.4) is 0 Å². The summed E-state index contributed by atoms with van der Waals surface area (Å²) in [5.41, 5.74) is 0. The monoisotopic (exact) mass is 387 g/mol. The maximum Gasteiger partial charge on any atom is 0.380 e. The molecule has 0 atom stereocenters. The molecule has 0 bridgehead atoms. The largest absolute Gasteiger partial charge is 0.423 e. The molecular weight excluding hydrogens is 369 g/mol. The van der Waals surface area contributed by atoms with Crippen LogP contribution in [0.5, 0.6) is 5.75 Å². The molecule has 0 unspecified atom stereocenters. The first-order valence-electron chi connectivity index (χ1n) is 6.47. The van der Waals surface area contributed by atoms with Crippen molar-refractivity contribution in [2.24, 2.45) is 0 Å². The number of benzene rings is 1. The van der Waals surface area contributed by atoms with Crippen LogP contribution in [0.4, 0.5) is 0 Å². The zero-order valence-electron chi connectivity index (χ0n) is 12.8. The fourth-order valence-corrected chi connectivity index (χ4v) is 4.81. The second-order valence-corrected chi connectivity index (χ2v) is 9.75. The van der Waals surface area contributed by atoms with Crippen molar-refractivity contribution in [1.29, 1.82) is 0 Å². The van der Waals surface area contributed by atoms with E-state index in [1.165, 1.54) is 32.3 Å². The quantitative estimate of drug-likeness (QED) is 0.638. The molecule has 0 fully saturated rings. The average Bonchev–Trinajstić information content (AvgIpc) is 2.41. The van der Waals surface area contributed by atoms with E-state index in [2.05, 4.69) is 0 Å². The lowest BCUT2D eigenvalue weighted by Crippen LogP contribution is -2.22. The van der Waals surface area contributed by atoms with Crippen molar-refractivity contribution in [3.05, 3.63) is 23.2 Å². The van der Waals surface area contributed by atoms with Gasteiger partial charge in [0.1, 0.15) is 5.75 Å². The Morgan fingerprint density at radius 1 is 1.23 bits per heavy atom. The molecule has 0 radical (unpaired) electrons. The Hall–Kier alpha value is -0.210. The van der Waals surface area contributed by atoms with Crippen molar-refractivity contribution in [2.75, 3.05) is 27.3 Å². The summed E-state index contributed by atoms with van der Waals surface area (Å²) in [7, 11) is -0.682. The number of hydrogen-bond acceptors (Lipinski definition) is 6. The SMILES string of the molecule is CCOP(=S)(OCC)Oc1ccc(S(=O)(=O)N(C)C)cc1Cl. The van der Waals surface area contributed by atoms with Crippen LogP contribution < -0.4 is 4.52 Å². The summed E-state index contributed by atoms with van der Waals surface area (Å²) < 4.78 is 41.5. The van der Waals surface area contributed by atoms with Crippen molar-refractivity contribution in [3.8, 4) is 5.75 Å². The minimum atomic E-state index is -3.57. The summed E-state index contributed by atoms with van der Waals surface area (Å²) >= 11 is 11.3. The van der Waals surface area contributed by atoms with E-state index in [0.717, 1.165) is 4.31 Å². The van der Waals surface area contributed by atoms with Gasteiger partial charge in [-0.15, -0.1) is 0 Å². The second kappa shape index (κ2) is 8.06. The molecule has 1 aromatic rings. The molecule has 22 heavy (non-hydrogen) atoms. The zero-order chi connectivity index (χ0) is 17.0. The van der Waals surface area contributed by atoms with Gasteiger partial charge < -0.3 is 4.52 Å². The fraction of sp³-hybridized carbons (Fsp3) is 0.500. The van der Waals surface area contributed by atoms with Gasteiger partial charge in [0.05, 0.1) is 23.1 Å². The molecular formula is C12H19ClNO5PS2. The van der Waals surface area contributed by atoms with Gasteiger partial charge in [0, 0.05) is 25.9 Å². The Kier molecular flexibility index (Phi) is 7.26. The normalized spacial score (nSPS) is 12.6. The highest BCUT2D eigenvalue weighted by molar-refractivity contribution is 8.07. The molecule has 0 amide bonds. The molecule has 126 valence electrons. The van der Waals surface area contributed by atoms with Gasteiger partial charge in [0.2, 0.25) is 10.0 Å². The van der Waals surface area contributed by atoms with Crippen LogP contribution in [0.2, 0.25) is 5.02 Å². The highest BCUT2D eigenvalue weighted by Gasteiger charge is 2.24. The molecule has 0 saturated heterocycles. The lowest BCUT2D eigenvalue weighted by Gasteiger charge is -2.22. The molecule has 0 aliphatic heterocycles. The maximum atomic E-state index is 12.0. The molecule has 1 rings (SSSR count). The van der Waals surface area contributed by atoms with Crippen molar-refractivity contribution < 1.29 is 22.0 Å². The average molecular weight is 388 g/mol. The predicted molar refractivity (Wildman–Crippen MR) is 90.5 cm³/mol. The van der Waals surface area contributed by atoms with Crippen LogP contribution in [0.1, 0.15) is 13.8 Å². The summed E-state index contributed by atoms with van der Waals surface area (Å²) in [6, 6.07) is 4.15. The topological polar surface area (TPSA) is 65.1 Å². The first-order chi connectivity index (χ1) is 10.2. The van der Waals surface area contributed by atoms with E-state index >= 15 is 0 Å². The van der Waals surface area contributed by atoms with Crippen LogP contribution in [-0.4, -0.2) is 40.0 Å². The summed E-state index contributed by atoms with van der Waals surface area (Å²) in [5.74, 6) is 0.226. The summed E-state index contributed by atoms with van der Waals surface area (Å²) in [6.07, 6.45) is 0. The first kappa shape index (κ1) is 19.8. The van der Waals surface area contributed by atoms with Gasteiger partial charge in [0.15, 0.2) is 0 Å². The Labute approximate surface area is 141 Å². The van der Waals surface area contributed by atoms with E-state index < -0.39 is 16.7 Å². The molecule has 0 aliphatic carbocycles. The maximum absolute atomic E-state index is 12.0. The minimum Gasteiger partial charge on any atom is -0.423 e. The first-order valence-corrected chi connectivity index (χ1v) is 10.8. The van der Waals surface area contributed by atoms with E-state index in [-0.39, 0.29) is 15.7 Å². The number of rotatable bonds is 8. The lowest BCUT2D eigenvalue weighted by atomic mass is 10.3. The molecule has 10 heteroatoms. The van der Waals surface area contributed by atoms with Gasteiger partial charge in [-0.3, -0.25) is 9.05 Å². The molecule has 1 aromatic carbocycles. The lowest BCUT2D eigenvalue weighted by molar-refractivity contribution is 0.218. The van der Waals surface area contributed by atoms with Gasteiger partial charge in [-0.1, -0.05) is 11.6 Å². The third kappa shape index (κ3) is 4.89. The zero-order valence-corrected chi connectivity index (χ0v) is 16.1. The minimum absolute atomic E-state index is 0.0657. The molecule has 6 nitrogen and oxygen atoms in total. The van der Waals surface area contributed by atoms with Gasteiger partial charge in [-0.05, 0) is 32.0 Å². The number of halogens is 1. The molecule has 0 N–H and O–H groups in total. The van der Waals surface area contributed by atoms with Crippen LogP contribution in [0.25, 0.3) is 0 Å². The Bertz CT molecular complexity index is 655. The van der Waals surface area contributed by atoms with Crippen LogP contribution in [0.15, 0.2) is 23.1 Å². The summed E-state index contributed by atoms with van der Waals surface area (Å²) in [4.78, 5) is 0.0657. The smallest absolute Gasteiger partial charge is 0.380 e. The van der Waals surface area contributed by atoms with Gasteiger partial charge in [-0.25, -0.2) is 12.7 Å². The predicted octanol–water partition coefficient (Wildman–Crippen LogP) is 3.27. The summed E-state index contributed by atoms with van der Waals surface area (Å²) in [5, 5.41) is 0.122. The van der Waals surface area contributed by atoms with Crippen molar-refractivity contribution in [2.45, 2.75) is 18.7 Å². The Balaban J connectivity index is 3.12. The standard InChI is InChI=1S/C12H19ClNO5PS2/c1-5-17-20(21,18-6-2)19-12-8-7-10(9-11(12)13)22(15,16)14(3)4/h7-9H,5-6H2,1-4H3. The fourth-order valence-electron chi connectivity index (χ4n) is 1.45. The molecule has 0 heterocycles. The van der Waals surface area contributed by atoms with Gasteiger partial charge >= 0.3 is 6.72 Å². The number of hydrogen-bond donors (Lipinski definition) is 0. The van der Waals surface area contributed by atoms with Crippen LogP contribution >= 0.6 is 18.3 Å². The van der Waals surface area contributed by atoms with Gasteiger partial charge in [0.25, 0.3) is 0 Å². The molecule has 0 spiro atoms. The molecule has 0 saturated carbocycles. The van der Waals surface area contributed by atoms with E-state index in [1.807, 2.05) is 0 Å². The van der Waals surface area contributed by atoms with E-state index in [0.29, 0.717) is 13.2 Å². The second-order valence-electron chi connectivity index (χ2n) is 4.25. The highest BCUT2D eigenvalue weighted by Crippen LogP contribution is 2.51.